The minimum atomic E-state index is -0.746. The summed E-state index contributed by atoms with van der Waals surface area (Å²) >= 11 is 19.9. The van der Waals surface area contributed by atoms with Crippen LogP contribution in [0, 0.1) is 0 Å². The number of benzene rings is 3. The maximum atomic E-state index is 11.0. The zero-order valence-corrected chi connectivity index (χ0v) is 19.9. The second-order valence-corrected chi connectivity index (χ2v) is 9.55. The Morgan fingerprint density at radius 2 is 1.67 bits per heavy atom. The van der Waals surface area contributed by atoms with Gasteiger partial charge in [-0.3, -0.25) is 4.90 Å². The van der Waals surface area contributed by atoms with Crippen LogP contribution in [0.15, 0.2) is 52.4 Å². The summed E-state index contributed by atoms with van der Waals surface area (Å²) in [6, 6.07) is 13.0. The number of aromatic hydroxyl groups is 1. The van der Waals surface area contributed by atoms with E-state index in [1.165, 1.54) is 0 Å². The average Bonchev–Trinajstić information content (AvgIpc) is 2.79. The number of rotatable bonds is 2. The molecule has 3 aromatic carbocycles. The molecule has 0 saturated heterocycles. The third-order valence-electron chi connectivity index (χ3n) is 6.39. The predicted octanol–water partition coefficient (Wildman–Crippen LogP) is 6.28. The summed E-state index contributed by atoms with van der Waals surface area (Å²) in [7, 11) is 0. The van der Waals surface area contributed by atoms with E-state index in [-0.39, 0.29) is 32.7 Å². The molecule has 1 fully saturated rings. The van der Waals surface area contributed by atoms with Crippen molar-refractivity contribution in [1.29, 1.82) is 0 Å². The lowest BCUT2D eigenvalue weighted by Crippen LogP contribution is -2.58. The molecule has 33 heavy (non-hydrogen) atoms. The number of nitrogens with two attached hydrogens (primary N) is 2. The van der Waals surface area contributed by atoms with Gasteiger partial charge in [0.1, 0.15) is 11.4 Å². The minimum Gasteiger partial charge on any atom is -0.507 e. The number of hydrogen-bond donors (Lipinski definition) is 3. The van der Waals surface area contributed by atoms with E-state index in [0.717, 1.165) is 42.9 Å². The van der Waals surface area contributed by atoms with Crippen LogP contribution >= 0.6 is 34.8 Å². The third-order valence-corrected chi connectivity index (χ3v) is 7.64. The highest BCUT2D eigenvalue weighted by molar-refractivity contribution is 6.50. The van der Waals surface area contributed by atoms with Crippen molar-refractivity contribution in [2.24, 2.45) is 21.5 Å². The van der Waals surface area contributed by atoms with Gasteiger partial charge in [0.2, 0.25) is 11.9 Å². The average molecular weight is 503 g/mol. The number of hydrogen-bond acceptors (Lipinski definition) is 6. The predicted molar refractivity (Wildman–Crippen MR) is 138 cm³/mol. The van der Waals surface area contributed by atoms with Gasteiger partial charge in [0.25, 0.3) is 0 Å². The van der Waals surface area contributed by atoms with Crippen LogP contribution in [0.25, 0.3) is 21.9 Å². The van der Waals surface area contributed by atoms with Crippen molar-refractivity contribution in [3.05, 3.63) is 57.5 Å². The number of halogens is 3. The molecule has 3 aromatic rings. The van der Waals surface area contributed by atoms with Gasteiger partial charge in [-0.25, -0.2) is 4.99 Å². The van der Waals surface area contributed by atoms with E-state index in [1.807, 2.05) is 35.2 Å². The summed E-state index contributed by atoms with van der Waals surface area (Å²) in [5.41, 5.74) is 13.4. The fraction of sp³-hybridized carbons (Fsp3) is 0.250. The maximum absolute atomic E-state index is 11.0. The van der Waals surface area contributed by atoms with Gasteiger partial charge in [0, 0.05) is 11.1 Å². The van der Waals surface area contributed by atoms with Crippen molar-refractivity contribution in [1.82, 2.24) is 0 Å². The van der Waals surface area contributed by atoms with Crippen molar-refractivity contribution < 1.29 is 5.11 Å². The SMILES string of the molecule is NC1=NC2(CCCCC2)N(c2c(-c3c(O)ccc4ccccc34)cc(Cl)c(Cl)c2Cl)C(N)=N1. The number of guanidine groups is 2. The molecule has 6 nitrogen and oxygen atoms in total. The fourth-order valence-corrected chi connectivity index (χ4v) is 5.67. The third kappa shape index (κ3) is 3.57. The molecule has 0 bridgehead atoms. The first kappa shape index (κ1) is 22.1. The molecule has 1 spiro atoms. The second-order valence-electron chi connectivity index (χ2n) is 8.38. The van der Waals surface area contributed by atoms with Gasteiger partial charge in [0.15, 0.2) is 0 Å². The maximum Gasteiger partial charge on any atom is 0.220 e. The van der Waals surface area contributed by atoms with Gasteiger partial charge in [-0.1, -0.05) is 71.6 Å². The molecule has 9 heteroatoms. The molecule has 2 aliphatic rings. The highest BCUT2D eigenvalue weighted by atomic mass is 35.5. The van der Waals surface area contributed by atoms with Crippen LogP contribution in [0.4, 0.5) is 5.69 Å². The van der Waals surface area contributed by atoms with Gasteiger partial charge < -0.3 is 16.6 Å². The van der Waals surface area contributed by atoms with Crippen LogP contribution in [-0.2, 0) is 0 Å². The summed E-state index contributed by atoms with van der Waals surface area (Å²) in [5, 5.41) is 13.5. The first-order chi connectivity index (χ1) is 15.8. The first-order valence-electron chi connectivity index (χ1n) is 10.7. The van der Waals surface area contributed by atoms with Crippen LogP contribution in [-0.4, -0.2) is 22.7 Å². The largest absolute Gasteiger partial charge is 0.507 e. The highest BCUT2D eigenvalue weighted by Gasteiger charge is 2.45. The van der Waals surface area contributed by atoms with Crippen LogP contribution in [0.3, 0.4) is 0 Å². The lowest BCUT2D eigenvalue weighted by molar-refractivity contribution is 0.305. The normalized spacial score (nSPS) is 17.8. The number of phenols is 1. The first-order valence-corrected chi connectivity index (χ1v) is 11.8. The van der Waals surface area contributed by atoms with Crippen molar-refractivity contribution in [2.75, 3.05) is 4.90 Å². The number of aliphatic imine (C=N–C) groups is 2. The van der Waals surface area contributed by atoms with E-state index in [9.17, 15) is 5.11 Å². The Morgan fingerprint density at radius 3 is 2.42 bits per heavy atom. The standard InChI is InChI=1S/C24H22Cl3N5O/c25-16-12-15(18-14-7-3-2-6-13(14)8-9-17(18)33)21(20(27)19(16)26)32-23(29)30-22(28)31-24(32)10-4-1-5-11-24/h2-3,6-9,12,33H,1,4-5,10-11H2,(H4,28,29,30,31). The molecule has 1 aliphatic carbocycles. The van der Waals surface area contributed by atoms with Crippen LogP contribution in [0.2, 0.25) is 15.1 Å². The van der Waals surface area contributed by atoms with Crippen molar-refractivity contribution in [3.8, 4) is 16.9 Å². The quantitative estimate of drug-likeness (QED) is 0.359. The number of anilines is 1. The summed E-state index contributed by atoms with van der Waals surface area (Å²) in [6.07, 6.45) is 4.44. The monoisotopic (exact) mass is 501 g/mol. The zero-order valence-electron chi connectivity index (χ0n) is 17.7. The molecule has 5 N–H and O–H groups in total. The Morgan fingerprint density at radius 1 is 0.939 bits per heavy atom. The van der Waals surface area contributed by atoms with Crippen LogP contribution < -0.4 is 16.4 Å². The smallest absolute Gasteiger partial charge is 0.220 e. The summed E-state index contributed by atoms with van der Waals surface area (Å²) in [6.45, 7) is 0. The van der Waals surface area contributed by atoms with E-state index >= 15 is 0 Å². The Bertz CT molecular complexity index is 1330. The Kier molecular flexibility index (Phi) is 5.55. The topological polar surface area (TPSA) is 100 Å². The second kappa shape index (κ2) is 8.28. The molecule has 0 amide bonds. The van der Waals surface area contributed by atoms with Crippen LogP contribution in [0.1, 0.15) is 32.1 Å². The molecular weight excluding hydrogens is 481 g/mol. The Balaban J connectivity index is 1.86. The molecule has 0 radical (unpaired) electrons. The molecule has 0 atom stereocenters. The molecule has 0 aromatic heterocycles. The molecule has 0 unspecified atom stereocenters. The molecule has 1 saturated carbocycles. The van der Waals surface area contributed by atoms with Gasteiger partial charge in [-0.2, -0.15) is 4.99 Å². The summed E-state index contributed by atoms with van der Waals surface area (Å²) < 4.78 is 0. The van der Waals surface area contributed by atoms with E-state index < -0.39 is 5.66 Å². The lowest BCUT2D eigenvalue weighted by Gasteiger charge is -2.46. The number of phenolic OH excluding ortho intramolecular Hbond substituents is 1. The molecule has 170 valence electrons. The Labute approximate surface area is 206 Å². The van der Waals surface area contributed by atoms with Crippen molar-refractivity contribution in [3.63, 3.8) is 0 Å². The van der Waals surface area contributed by atoms with Gasteiger partial charge in [-0.05, 0) is 48.6 Å². The highest BCUT2D eigenvalue weighted by Crippen LogP contribution is 2.52. The number of nitrogens with zero attached hydrogens (tertiary/aromatic N) is 3. The molecule has 1 aliphatic heterocycles. The van der Waals surface area contributed by atoms with Gasteiger partial charge in [-0.15, -0.1) is 0 Å². The molecule has 5 rings (SSSR count). The minimum absolute atomic E-state index is 0.0811. The van der Waals surface area contributed by atoms with Gasteiger partial charge in [0.05, 0.1) is 20.8 Å². The molecule has 1 heterocycles. The van der Waals surface area contributed by atoms with Crippen molar-refractivity contribution in [2.45, 2.75) is 37.8 Å². The van der Waals surface area contributed by atoms with E-state index in [1.54, 1.807) is 12.1 Å². The number of fused-ring (bicyclic) bond motifs is 1. The zero-order chi connectivity index (χ0) is 23.3. The summed E-state index contributed by atoms with van der Waals surface area (Å²) in [4.78, 5) is 10.8. The molecular formula is C24H22Cl3N5O. The Hall–Kier alpha value is -2.67. The van der Waals surface area contributed by atoms with Crippen molar-refractivity contribution >= 4 is 63.2 Å². The van der Waals surface area contributed by atoms with E-state index in [4.69, 9.17) is 51.3 Å². The van der Waals surface area contributed by atoms with E-state index in [2.05, 4.69) is 4.99 Å². The van der Waals surface area contributed by atoms with Gasteiger partial charge >= 0.3 is 0 Å². The van der Waals surface area contributed by atoms with Crippen LogP contribution in [0.5, 0.6) is 5.75 Å². The lowest BCUT2D eigenvalue weighted by atomic mass is 9.86. The summed E-state index contributed by atoms with van der Waals surface area (Å²) in [5.74, 6) is 0.389. The van der Waals surface area contributed by atoms with E-state index in [0.29, 0.717) is 16.8 Å². The fourth-order valence-electron chi connectivity index (χ4n) is 4.98.